The van der Waals surface area contributed by atoms with Crippen LogP contribution in [0.1, 0.15) is 26.7 Å². The average Bonchev–Trinajstić information content (AvgIpc) is 2.03. The maximum absolute atomic E-state index is 11.6. The first-order valence-corrected chi connectivity index (χ1v) is 5.99. The van der Waals surface area contributed by atoms with Gasteiger partial charge in [-0.1, -0.05) is 5.92 Å². The van der Waals surface area contributed by atoms with E-state index < -0.39 is 15.6 Å². The molecule has 0 aromatic carbocycles. The lowest BCUT2D eigenvalue weighted by Gasteiger charge is -2.36. The molecule has 0 saturated carbocycles. The molecule has 0 atom stereocenters. The van der Waals surface area contributed by atoms with E-state index in [0.29, 0.717) is 6.54 Å². The Bertz CT molecular complexity index is 324. The molecule has 1 aliphatic rings. The van der Waals surface area contributed by atoms with Gasteiger partial charge in [0.25, 0.3) is 0 Å². The molecule has 1 fully saturated rings. The van der Waals surface area contributed by atoms with Crippen LogP contribution in [0.15, 0.2) is 0 Å². The Morgan fingerprint density at radius 3 is 2.46 bits per heavy atom. The molecule has 4 heteroatoms. The van der Waals surface area contributed by atoms with Crippen molar-refractivity contribution < 1.29 is 8.42 Å². The lowest BCUT2D eigenvalue weighted by atomic mass is 10.1. The monoisotopic (exact) mass is 201 g/mol. The highest BCUT2D eigenvalue weighted by Crippen LogP contribution is 2.23. The minimum atomic E-state index is -3.10. The molecule has 0 bridgehead atoms. The first-order valence-electron chi connectivity index (χ1n) is 4.38. The highest BCUT2D eigenvalue weighted by atomic mass is 32.2. The minimum Gasteiger partial charge on any atom is -0.212 e. The van der Waals surface area contributed by atoms with Crippen molar-refractivity contribution in [2.75, 3.05) is 12.3 Å². The Morgan fingerprint density at radius 2 is 2.00 bits per heavy atom. The molecular weight excluding hydrogens is 186 g/mol. The third-order valence-electron chi connectivity index (χ3n) is 2.33. The number of hydrogen-bond donors (Lipinski definition) is 0. The molecule has 0 amide bonds. The van der Waals surface area contributed by atoms with Gasteiger partial charge in [-0.05, 0) is 26.7 Å². The number of hydrogen-bond acceptors (Lipinski definition) is 2. The SMILES string of the molecule is C#CC(C)(C)N1CCCCS1(=O)=O. The molecule has 13 heavy (non-hydrogen) atoms. The van der Waals surface area contributed by atoms with Gasteiger partial charge in [0.1, 0.15) is 0 Å². The Hall–Kier alpha value is -0.530. The number of rotatable bonds is 1. The van der Waals surface area contributed by atoms with Crippen molar-refractivity contribution in [1.29, 1.82) is 0 Å². The van der Waals surface area contributed by atoms with E-state index in [0.717, 1.165) is 12.8 Å². The van der Waals surface area contributed by atoms with Gasteiger partial charge in [0.15, 0.2) is 0 Å². The summed E-state index contributed by atoms with van der Waals surface area (Å²) in [6.07, 6.45) is 6.96. The van der Waals surface area contributed by atoms with Crippen LogP contribution in [0, 0.1) is 12.3 Å². The number of terminal acetylenes is 1. The van der Waals surface area contributed by atoms with Gasteiger partial charge in [-0.2, -0.15) is 4.31 Å². The van der Waals surface area contributed by atoms with E-state index in [1.165, 1.54) is 4.31 Å². The van der Waals surface area contributed by atoms with Crippen LogP contribution in [0.4, 0.5) is 0 Å². The molecule has 0 aromatic rings. The summed E-state index contributed by atoms with van der Waals surface area (Å²) < 4.78 is 24.7. The van der Waals surface area contributed by atoms with Crippen LogP contribution >= 0.6 is 0 Å². The summed E-state index contributed by atoms with van der Waals surface area (Å²) in [6.45, 7) is 4.07. The van der Waals surface area contributed by atoms with Crippen LogP contribution < -0.4 is 0 Å². The molecule has 74 valence electrons. The van der Waals surface area contributed by atoms with Crippen molar-refractivity contribution in [1.82, 2.24) is 4.31 Å². The predicted molar refractivity (Wildman–Crippen MR) is 52.6 cm³/mol. The molecular formula is C9H15NO2S. The van der Waals surface area contributed by atoms with E-state index in [-0.39, 0.29) is 5.75 Å². The van der Waals surface area contributed by atoms with Crippen LogP contribution in [-0.4, -0.2) is 30.6 Å². The van der Waals surface area contributed by atoms with E-state index in [9.17, 15) is 8.42 Å². The van der Waals surface area contributed by atoms with Crippen molar-refractivity contribution in [3.05, 3.63) is 0 Å². The summed E-state index contributed by atoms with van der Waals surface area (Å²) in [4.78, 5) is 0. The van der Waals surface area contributed by atoms with Gasteiger partial charge in [-0.25, -0.2) is 8.42 Å². The fraction of sp³-hybridized carbons (Fsp3) is 0.778. The molecule has 1 rings (SSSR count). The van der Waals surface area contributed by atoms with E-state index in [1.807, 2.05) is 0 Å². The summed E-state index contributed by atoms with van der Waals surface area (Å²) in [5.41, 5.74) is -0.681. The molecule has 0 radical (unpaired) electrons. The van der Waals surface area contributed by atoms with Gasteiger partial charge in [-0.3, -0.25) is 0 Å². The molecule has 3 nitrogen and oxygen atoms in total. The quantitative estimate of drug-likeness (QED) is 0.589. The molecule has 1 saturated heterocycles. The zero-order chi connectivity index (χ0) is 10.1. The Balaban J connectivity index is 2.98. The molecule has 0 aliphatic carbocycles. The standard InChI is InChI=1S/C9H15NO2S/c1-4-9(2,3)10-7-5-6-8-13(10,11)12/h1H,5-8H2,2-3H3. The fourth-order valence-corrected chi connectivity index (χ4v) is 3.43. The second-order valence-electron chi connectivity index (χ2n) is 3.80. The Labute approximate surface area is 80.2 Å². The Kier molecular flexibility index (Phi) is 2.69. The topological polar surface area (TPSA) is 37.4 Å². The second-order valence-corrected chi connectivity index (χ2v) is 5.81. The van der Waals surface area contributed by atoms with E-state index in [4.69, 9.17) is 6.42 Å². The summed E-state index contributed by atoms with van der Waals surface area (Å²) >= 11 is 0. The minimum absolute atomic E-state index is 0.234. The molecule has 0 aromatic heterocycles. The molecule has 0 spiro atoms. The predicted octanol–water partition coefficient (Wildman–Crippen LogP) is 0.824. The lowest BCUT2D eigenvalue weighted by molar-refractivity contribution is 0.276. The van der Waals surface area contributed by atoms with E-state index >= 15 is 0 Å². The van der Waals surface area contributed by atoms with Crippen molar-refractivity contribution in [3.63, 3.8) is 0 Å². The van der Waals surface area contributed by atoms with Crippen LogP contribution in [0.5, 0.6) is 0 Å². The highest BCUT2D eigenvalue weighted by molar-refractivity contribution is 7.89. The molecule has 1 aliphatic heterocycles. The van der Waals surface area contributed by atoms with Crippen LogP contribution in [0.3, 0.4) is 0 Å². The van der Waals surface area contributed by atoms with Gasteiger partial charge in [0.05, 0.1) is 11.3 Å². The van der Waals surface area contributed by atoms with Gasteiger partial charge < -0.3 is 0 Å². The lowest BCUT2D eigenvalue weighted by Crippen LogP contribution is -2.50. The molecule has 0 unspecified atom stereocenters. The molecule has 0 N–H and O–H groups in total. The third-order valence-corrected chi connectivity index (χ3v) is 4.44. The van der Waals surface area contributed by atoms with Crippen LogP contribution in [0.25, 0.3) is 0 Å². The summed E-state index contributed by atoms with van der Waals surface area (Å²) in [5, 5.41) is 0. The van der Waals surface area contributed by atoms with Crippen LogP contribution in [-0.2, 0) is 10.0 Å². The zero-order valence-electron chi connectivity index (χ0n) is 8.08. The maximum Gasteiger partial charge on any atom is 0.215 e. The normalized spacial score (nSPS) is 23.8. The largest absolute Gasteiger partial charge is 0.215 e. The first kappa shape index (κ1) is 10.6. The molecule has 1 heterocycles. The van der Waals surface area contributed by atoms with Crippen molar-refractivity contribution in [3.8, 4) is 12.3 Å². The first-order chi connectivity index (χ1) is 5.90. The highest BCUT2D eigenvalue weighted by Gasteiger charge is 2.36. The number of sulfonamides is 1. The van der Waals surface area contributed by atoms with E-state index in [2.05, 4.69) is 5.92 Å². The summed E-state index contributed by atoms with van der Waals surface area (Å²) in [6, 6.07) is 0. The Morgan fingerprint density at radius 1 is 1.38 bits per heavy atom. The second kappa shape index (κ2) is 3.32. The van der Waals surface area contributed by atoms with Gasteiger partial charge >= 0.3 is 0 Å². The smallest absolute Gasteiger partial charge is 0.212 e. The number of nitrogens with zero attached hydrogens (tertiary/aromatic N) is 1. The fourth-order valence-electron chi connectivity index (χ4n) is 1.49. The van der Waals surface area contributed by atoms with Crippen molar-refractivity contribution in [2.45, 2.75) is 32.2 Å². The van der Waals surface area contributed by atoms with Crippen LogP contribution in [0.2, 0.25) is 0 Å². The van der Waals surface area contributed by atoms with E-state index in [1.54, 1.807) is 13.8 Å². The maximum atomic E-state index is 11.6. The summed E-state index contributed by atoms with van der Waals surface area (Å²) in [7, 11) is -3.10. The summed E-state index contributed by atoms with van der Waals surface area (Å²) in [5.74, 6) is 2.75. The average molecular weight is 201 g/mol. The van der Waals surface area contributed by atoms with Gasteiger partial charge in [-0.15, -0.1) is 6.42 Å². The van der Waals surface area contributed by atoms with Crippen molar-refractivity contribution >= 4 is 10.0 Å². The third kappa shape index (κ3) is 2.04. The van der Waals surface area contributed by atoms with Gasteiger partial charge in [0.2, 0.25) is 10.0 Å². The van der Waals surface area contributed by atoms with Gasteiger partial charge in [0, 0.05) is 6.54 Å². The van der Waals surface area contributed by atoms with Crippen molar-refractivity contribution in [2.24, 2.45) is 0 Å². The zero-order valence-corrected chi connectivity index (χ0v) is 8.89.